The zero-order chi connectivity index (χ0) is 17.4. The molecule has 4 aromatic rings. The number of nitrogens with one attached hydrogen (secondary N) is 1. The standard InChI is InChI=1S/C17H12ClN5OS/c1-10-4-2-3-5-13(10)15(24)19-16-22-23-14(20-21-17(23)25-16)11-6-8-12(18)9-7-11/h2-9H,1H3,(H,19,22,24). The number of hydrogen-bond acceptors (Lipinski definition) is 5. The first kappa shape index (κ1) is 15.7. The molecule has 25 heavy (non-hydrogen) atoms. The summed E-state index contributed by atoms with van der Waals surface area (Å²) >= 11 is 7.18. The number of benzene rings is 2. The van der Waals surface area contributed by atoms with Crippen LogP contribution < -0.4 is 5.32 Å². The van der Waals surface area contributed by atoms with Gasteiger partial charge in [-0.3, -0.25) is 10.1 Å². The van der Waals surface area contributed by atoms with Gasteiger partial charge in [0.1, 0.15) is 0 Å². The number of carbonyl (C=O) groups excluding carboxylic acids is 1. The van der Waals surface area contributed by atoms with E-state index in [0.717, 1.165) is 11.1 Å². The minimum atomic E-state index is -0.198. The SMILES string of the molecule is Cc1ccccc1C(=O)Nc1nn2c(-c3ccc(Cl)cc3)nnc2s1. The number of aromatic nitrogens is 4. The Hall–Kier alpha value is -2.77. The average Bonchev–Trinajstić information content (AvgIpc) is 3.16. The largest absolute Gasteiger partial charge is 0.296 e. The van der Waals surface area contributed by atoms with Crippen LogP contribution in [0, 0.1) is 6.92 Å². The van der Waals surface area contributed by atoms with Gasteiger partial charge in [-0.15, -0.1) is 15.3 Å². The maximum absolute atomic E-state index is 12.4. The molecule has 0 aliphatic rings. The van der Waals surface area contributed by atoms with E-state index in [9.17, 15) is 4.79 Å². The second-order valence-electron chi connectivity index (χ2n) is 5.40. The van der Waals surface area contributed by atoms with Crippen LogP contribution in [0.2, 0.25) is 5.02 Å². The summed E-state index contributed by atoms with van der Waals surface area (Å²) in [6, 6.07) is 14.7. The molecule has 0 saturated heterocycles. The van der Waals surface area contributed by atoms with Gasteiger partial charge in [-0.1, -0.05) is 41.1 Å². The molecule has 6 nitrogen and oxygen atoms in total. The Morgan fingerprint density at radius 3 is 2.64 bits per heavy atom. The molecular formula is C17H12ClN5OS. The minimum absolute atomic E-state index is 0.198. The third-order valence-electron chi connectivity index (χ3n) is 3.70. The highest BCUT2D eigenvalue weighted by atomic mass is 35.5. The Balaban J connectivity index is 1.65. The molecule has 0 spiro atoms. The van der Waals surface area contributed by atoms with Crippen molar-refractivity contribution in [2.75, 3.05) is 5.32 Å². The van der Waals surface area contributed by atoms with Gasteiger partial charge in [0.2, 0.25) is 10.1 Å². The van der Waals surface area contributed by atoms with Crippen LogP contribution >= 0.6 is 22.9 Å². The number of halogens is 1. The number of nitrogens with zero attached hydrogens (tertiary/aromatic N) is 4. The number of carbonyl (C=O) groups is 1. The summed E-state index contributed by atoms with van der Waals surface area (Å²) in [4.78, 5) is 13.0. The van der Waals surface area contributed by atoms with Gasteiger partial charge in [0.25, 0.3) is 5.91 Å². The highest BCUT2D eigenvalue weighted by molar-refractivity contribution is 7.20. The summed E-state index contributed by atoms with van der Waals surface area (Å²) in [7, 11) is 0. The normalized spacial score (nSPS) is 11.0. The van der Waals surface area contributed by atoms with E-state index in [1.165, 1.54) is 11.3 Å². The molecule has 0 aliphatic carbocycles. The van der Waals surface area contributed by atoms with E-state index in [1.54, 1.807) is 22.7 Å². The van der Waals surface area contributed by atoms with Crippen LogP contribution in [0.1, 0.15) is 15.9 Å². The lowest BCUT2D eigenvalue weighted by Crippen LogP contribution is -2.13. The molecule has 0 fully saturated rings. The van der Waals surface area contributed by atoms with Crippen molar-refractivity contribution in [2.45, 2.75) is 6.92 Å². The van der Waals surface area contributed by atoms with Crippen LogP contribution in [0.3, 0.4) is 0 Å². The lowest BCUT2D eigenvalue weighted by Gasteiger charge is -2.04. The second-order valence-corrected chi connectivity index (χ2v) is 6.79. The van der Waals surface area contributed by atoms with E-state index >= 15 is 0 Å². The molecule has 8 heteroatoms. The third kappa shape index (κ3) is 2.99. The monoisotopic (exact) mass is 369 g/mol. The van der Waals surface area contributed by atoms with Gasteiger partial charge in [0.05, 0.1) is 0 Å². The van der Waals surface area contributed by atoms with Gasteiger partial charge in [-0.05, 0) is 42.8 Å². The van der Waals surface area contributed by atoms with Crippen molar-refractivity contribution in [3.63, 3.8) is 0 Å². The van der Waals surface area contributed by atoms with Gasteiger partial charge >= 0.3 is 0 Å². The molecule has 1 N–H and O–H groups in total. The zero-order valence-electron chi connectivity index (χ0n) is 13.1. The van der Waals surface area contributed by atoms with E-state index in [0.29, 0.717) is 26.5 Å². The molecule has 4 rings (SSSR count). The summed E-state index contributed by atoms with van der Waals surface area (Å²) in [5.74, 6) is 0.399. The Labute approximate surface area is 152 Å². The van der Waals surface area contributed by atoms with E-state index < -0.39 is 0 Å². The fourth-order valence-corrected chi connectivity index (χ4v) is 3.30. The Kier molecular flexibility index (Phi) is 3.95. The van der Waals surface area contributed by atoms with E-state index in [4.69, 9.17) is 11.6 Å². The Morgan fingerprint density at radius 1 is 1.12 bits per heavy atom. The number of fused-ring (bicyclic) bond motifs is 1. The van der Waals surface area contributed by atoms with Crippen LogP contribution in [0.5, 0.6) is 0 Å². The molecule has 2 aromatic heterocycles. The van der Waals surface area contributed by atoms with Crippen LogP contribution in [-0.2, 0) is 0 Å². The summed E-state index contributed by atoms with van der Waals surface area (Å²) in [6.45, 7) is 1.89. The van der Waals surface area contributed by atoms with Gasteiger partial charge in [0, 0.05) is 16.1 Å². The molecule has 0 saturated carbocycles. The minimum Gasteiger partial charge on any atom is -0.296 e. The smallest absolute Gasteiger partial charge is 0.257 e. The fraction of sp³-hybridized carbons (Fsp3) is 0.0588. The number of rotatable bonds is 3. The highest BCUT2D eigenvalue weighted by Crippen LogP contribution is 2.25. The molecule has 0 radical (unpaired) electrons. The molecule has 0 aliphatic heterocycles. The van der Waals surface area contributed by atoms with Crippen molar-refractivity contribution in [2.24, 2.45) is 0 Å². The maximum atomic E-state index is 12.4. The summed E-state index contributed by atoms with van der Waals surface area (Å²) in [5.41, 5.74) is 2.37. The van der Waals surface area contributed by atoms with E-state index in [-0.39, 0.29) is 5.91 Å². The first-order valence-corrected chi connectivity index (χ1v) is 8.66. The van der Waals surface area contributed by atoms with E-state index in [1.807, 2.05) is 37.3 Å². The van der Waals surface area contributed by atoms with Crippen LogP contribution in [0.4, 0.5) is 5.13 Å². The molecule has 0 bridgehead atoms. The lowest BCUT2D eigenvalue weighted by atomic mass is 10.1. The molecule has 0 unspecified atom stereocenters. The van der Waals surface area contributed by atoms with Crippen molar-refractivity contribution in [1.29, 1.82) is 0 Å². The van der Waals surface area contributed by atoms with Crippen LogP contribution in [0.25, 0.3) is 16.3 Å². The third-order valence-corrected chi connectivity index (χ3v) is 4.77. The number of anilines is 1. The Morgan fingerprint density at radius 2 is 1.88 bits per heavy atom. The zero-order valence-corrected chi connectivity index (χ0v) is 14.7. The molecule has 0 atom stereocenters. The van der Waals surface area contributed by atoms with E-state index in [2.05, 4.69) is 20.6 Å². The summed E-state index contributed by atoms with van der Waals surface area (Å²) in [5, 5.41) is 16.6. The first-order valence-electron chi connectivity index (χ1n) is 7.47. The molecular weight excluding hydrogens is 358 g/mol. The van der Waals surface area contributed by atoms with Gasteiger partial charge in [-0.25, -0.2) is 0 Å². The van der Waals surface area contributed by atoms with Gasteiger partial charge in [0.15, 0.2) is 5.82 Å². The summed E-state index contributed by atoms with van der Waals surface area (Å²) in [6.07, 6.45) is 0. The second kappa shape index (κ2) is 6.27. The lowest BCUT2D eigenvalue weighted by molar-refractivity contribution is 0.102. The highest BCUT2D eigenvalue weighted by Gasteiger charge is 2.16. The first-order chi connectivity index (χ1) is 12.1. The predicted molar refractivity (Wildman–Crippen MR) is 98.2 cm³/mol. The predicted octanol–water partition coefficient (Wildman–Crippen LogP) is 4.07. The quantitative estimate of drug-likeness (QED) is 0.591. The summed E-state index contributed by atoms with van der Waals surface area (Å²) < 4.78 is 1.61. The van der Waals surface area contributed by atoms with Gasteiger partial charge in [-0.2, -0.15) is 4.52 Å². The maximum Gasteiger partial charge on any atom is 0.257 e. The molecule has 2 heterocycles. The van der Waals surface area contributed by atoms with Crippen LogP contribution in [-0.4, -0.2) is 25.7 Å². The average molecular weight is 370 g/mol. The Bertz CT molecular complexity index is 1070. The molecule has 1 amide bonds. The van der Waals surface area contributed by atoms with Crippen molar-refractivity contribution >= 4 is 38.9 Å². The fourth-order valence-electron chi connectivity index (χ4n) is 2.44. The molecule has 2 aromatic carbocycles. The molecule has 124 valence electrons. The van der Waals surface area contributed by atoms with Crippen molar-refractivity contribution in [1.82, 2.24) is 19.8 Å². The number of amides is 1. The topological polar surface area (TPSA) is 72.2 Å². The van der Waals surface area contributed by atoms with Crippen molar-refractivity contribution < 1.29 is 4.79 Å². The van der Waals surface area contributed by atoms with Crippen molar-refractivity contribution in [3.05, 3.63) is 64.7 Å². The van der Waals surface area contributed by atoms with Crippen LogP contribution in [0.15, 0.2) is 48.5 Å². The van der Waals surface area contributed by atoms with Gasteiger partial charge < -0.3 is 0 Å². The number of aryl methyl sites for hydroxylation is 1. The number of hydrogen-bond donors (Lipinski definition) is 1. The van der Waals surface area contributed by atoms with Crippen molar-refractivity contribution in [3.8, 4) is 11.4 Å².